The Kier molecular flexibility index (Phi) is 6.41. The number of benzene rings is 1. The van der Waals surface area contributed by atoms with E-state index in [0.29, 0.717) is 30.3 Å². The van der Waals surface area contributed by atoms with E-state index in [-0.39, 0.29) is 18.7 Å². The van der Waals surface area contributed by atoms with Crippen LogP contribution in [0.2, 0.25) is 5.02 Å². The molecule has 1 saturated heterocycles. The molecular weight excluding hydrogens is 357 g/mol. The van der Waals surface area contributed by atoms with Crippen LogP contribution in [0.15, 0.2) is 42.7 Å². The molecule has 2 amide bonds. The average Bonchev–Trinajstić information content (AvgIpc) is 2.67. The van der Waals surface area contributed by atoms with Gasteiger partial charge in [-0.2, -0.15) is 0 Å². The van der Waals surface area contributed by atoms with Gasteiger partial charge in [-0.1, -0.05) is 23.7 Å². The predicted molar refractivity (Wildman–Crippen MR) is 97.3 cm³/mol. The monoisotopic (exact) mass is 377 g/mol. The molecule has 0 unspecified atom stereocenters. The Morgan fingerprint density at radius 3 is 2.81 bits per heavy atom. The number of piperidine rings is 1. The highest BCUT2D eigenvalue weighted by Gasteiger charge is 2.23. The van der Waals surface area contributed by atoms with Crippen molar-refractivity contribution in [2.75, 3.05) is 13.1 Å². The fourth-order valence-electron chi connectivity index (χ4n) is 2.90. The van der Waals surface area contributed by atoms with Gasteiger partial charge in [-0.05, 0) is 36.6 Å². The van der Waals surface area contributed by atoms with Crippen LogP contribution in [0, 0.1) is 5.82 Å². The first-order valence-corrected chi connectivity index (χ1v) is 8.97. The van der Waals surface area contributed by atoms with E-state index in [9.17, 15) is 9.18 Å². The average molecular weight is 378 g/mol. The van der Waals surface area contributed by atoms with Crippen LogP contribution in [0.4, 0.5) is 9.18 Å². The summed E-state index contributed by atoms with van der Waals surface area (Å²) in [6.45, 7) is 1.81. The van der Waals surface area contributed by atoms with Crippen molar-refractivity contribution in [2.45, 2.75) is 32.1 Å². The zero-order valence-corrected chi connectivity index (χ0v) is 15.1. The third kappa shape index (κ3) is 4.93. The van der Waals surface area contributed by atoms with Crippen LogP contribution in [-0.2, 0) is 17.9 Å². The molecule has 26 heavy (non-hydrogen) atoms. The fourth-order valence-corrected chi connectivity index (χ4v) is 3.13. The van der Waals surface area contributed by atoms with Gasteiger partial charge in [-0.15, -0.1) is 0 Å². The summed E-state index contributed by atoms with van der Waals surface area (Å²) in [7, 11) is 0. The van der Waals surface area contributed by atoms with Gasteiger partial charge in [0.25, 0.3) is 0 Å². The summed E-state index contributed by atoms with van der Waals surface area (Å²) in [5, 5.41) is 3.05. The number of halogens is 2. The summed E-state index contributed by atoms with van der Waals surface area (Å²) in [6.07, 6.45) is 5.19. The van der Waals surface area contributed by atoms with Crippen LogP contribution in [0.5, 0.6) is 0 Å². The van der Waals surface area contributed by atoms with Crippen molar-refractivity contribution in [3.05, 3.63) is 64.7 Å². The van der Waals surface area contributed by atoms with Gasteiger partial charge in [0, 0.05) is 42.6 Å². The van der Waals surface area contributed by atoms with Gasteiger partial charge >= 0.3 is 6.03 Å². The van der Waals surface area contributed by atoms with E-state index in [1.165, 1.54) is 6.07 Å². The van der Waals surface area contributed by atoms with Crippen LogP contribution >= 0.6 is 11.6 Å². The summed E-state index contributed by atoms with van der Waals surface area (Å²) in [5.74, 6) is -0.416. The van der Waals surface area contributed by atoms with Crippen molar-refractivity contribution in [2.24, 2.45) is 0 Å². The maximum atomic E-state index is 13.7. The number of nitrogens with one attached hydrogen (secondary N) is 1. The summed E-state index contributed by atoms with van der Waals surface area (Å²) in [4.78, 5) is 18.1. The molecule has 1 N–H and O–H groups in total. The van der Waals surface area contributed by atoms with Crippen molar-refractivity contribution >= 4 is 17.6 Å². The lowest BCUT2D eigenvalue weighted by molar-refractivity contribution is 0.00434. The molecule has 1 aliphatic heterocycles. The molecule has 0 radical (unpaired) electrons. The van der Waals surface area contributed by atoms with Gasteiger partial charge in [0.05, 0.1) is 12.7 Å². The van der Waals surface area contributed by atoms with E-state index >= 15 is 0 Å². The molecule has 2 heterocycles. The Bertz CT molecular complexity index is 717. The third-order valence-electron chi connectivity index (χ3n) is 4.42. The standard InChI is InChI=1S/C19H21ClFN3O2/c20-17-4-1-5-18(21)16(17)12-23-19(25)24-9-6-15(7-10-24)26-13-14-3-2-8-22-11-14/h1-5,8,11,15H,6-7,9-10,12-13H2,(H,23,25). The van der Waals surface area contributed by atoms with E-state index in [1.54, 1.807) is 29.4 Å². The number of carbonyl (C=O) groups excluding carboxylic acids is 1. The quantitative estimate of drug-likeness (QED) is 0.863. The van der Waals surface area contributed by atoms with Crippen molar-refractivity contribution in [1.82, 2.24) is 15.2 Å². The second-order valence-electron chi connectivity index (χ2n) is 6.22. The molecule has 0 bridgehead atoms. The van der Waals surface area contributed by atoms with Gasteiger partial charge in [0.15, 0.2) is 0 Å². The maximum Gasteiger partial charge on any atom is 0.317 e. The molecule has 1 aromatic carbocycles. The number of hydrogen-bond donors (Lipinski definition) is 1. The second-order valence-corrected chi connectivity index (χ2v) is 6.62. The van der Waals surface area contributed by atoms with Gasteiger partial charge in [-0.3, -0.25) is 4.98 Å². The molecule has 138 valence electrons. The minimum Gasteiger partial charge on any atom is -0.373 e. The summed E-state index contributed by atoms with van der Waals surface area (Å²) in [6, 6.07) is 8.13. The highest BCUT2D eigenvalue weighted by molar-refractivity contribution is 6.31. The molecule has 0 aliphatic carbocycles. The number of nitrogens with zero attached hydrogens (tertiary/aromatic N) is 2. The Balaban J connectivity index is 1.42. The molecule has 1 aliphatic rings. The van der Waals surface area contributed by atoms with Crippen LogP contribution < -0.4 is 5.32 Å². The van der Waals surface area contributed by atoms with Crippen molar-refractivity contribution < 1.29 is 13.9 Å². The number of likely N-dealkylation sites (tertiary alicyclic amines) is 1. The minimum atomic E-state index is -0.416. The number of amides is 2. The molecule has 7 heteroatoms. The van der Waals surface area contributed by atoms with Gasteiger partial charge in [0.2, 0.25) is 0 Å². The lowest BCUT2D eigenvalue weighted by atomic mass is 10.1. The minimum absolute atomic E-state index is 0.0712. The van der Waals surface area contributed by atoms with Crippen LogP contribution in [0.25, 0.3) is 0 Å². The van der Waals surface area contributed by atoms with Crippen molar-refractivity contribution in [1.29, 1.82) is 0 Å². The number of urea groups is 1. The highest BCUT2D eigenvalue weighted by atomic mass is 35.5. The fraction of sp³-hybridized carbons (Fsp3) is 0.368. The van der Waals surface area contributed by atoms with E-state index < -0.39 is 5.82 Å². The first-order valence-electron chi connectivity index (χ1n) is 8.59. The van der Waals surface area contributed by atoms with Gasteiger partial charge in [0.1, 0.15) is 5.82 Å². The SMILES string of the molecule is O=C(NCc1c(F)cccc1Cl)N1CCC(OCc2cccnc2)CC1. The number of aromatic nitrogens is 1. The largest absolute Gasteiger partial charge is 0.373 e. The second kappa shape index (κ2) is 8.96. The molecule has 0 spiro atoms. The van der Waals surface area contributed by atoms with Crippen molar-refractivity contribution in [3.8, 4) is 0 Å². The van der Waals surface area contributed by atoms with Crippen LogP contribution in [0.3, 0.4) is 0 Å². The summed E-state index contributed by atoms with van der Waals surface area (Å²) in [5.41, 5.74) is 1.34. The van der Waals surface area contributed by atoms with Crippen LogP contribution in [-0.4, -0.2) is 35.1 Å². The Hall–Kier alpha value is -2.18. The smallest absolute Gasteiger partial charge is 0.317 e. The normalized spacial score (nSPS) is 15.1. The molecular formula is C19H21ClFN3O2. The Labute approximate surface area is 157 Å². The van der Waals surface area contributed by atoms with E-state index in [4.69, 9.17) is 16.3 Å². The maximum absolute atomic E-state index is 13.7. The van der Waals surface area contributed by atoms with E-state index in [2.05, 4.69) is 10.3 Å². The number of pyridine rings is 1. The molecule has 0 saturated carbocycles. The molecule has 2 aromatic rings. The summed E-state index contributed by atoms with van der Waals surface area (Å²) < 4.78 is 19.6. The Morgan fingerprint density at radius 1 is 1.31 bits per heavy atom. The number of ether oxygens (including phenoxy) is 1. The molecule has 0 atom stereocenters. The first kappa shape index (κ1) is 18.6. The molecule has 3 rings (SSSR count). The van der Waals surface area contributed by atoms with Crippen molar-refractivity contribution in [3.63, 3.8) is 0 Å². The lowest BCUT2D eigenvalue weighted by Crippen LogP contribution is -2.45. The first-order chi connectivity index (χ1) is 12.6. The lowest BCUT2D eigenvalue weighted by Gasteiger charge is -2.32. The van der Waals surface area contributed by atoms with Gasteiger partial charge < -0.3 is 15.0 Å². The zero-order valence-electron chi connectivity index (χ0n) is 14.3. The number of rotatable bonds is 5. The molecule has 1 aromatic heterocycles. The van der Waals surface area contributed by atoms with E-state index in [1.807, 2.05) is 12.1 Å². The van der Waals surface area contributed by atoms with Gasteiger partial charge in [-0.25, -0.2) is 9.18 Å². The molecule has 1 fully saturated rings. The molecule has 5 nitrogen and oxygen atoms in total. The van der Waals surface area contributed by atoms with Crippen LogP contribution in [0.1, 0.15) is 24.0 Å². The highest BCUT2D eigenvalue weighted by Crippen LogP contribution is 2.19. The number of hydrogen-bond acceptors (Lipinski definition) is 3. The summed E-state index contributed by atoms with van der Waals surface area (Å²) >= 11 is 5.98. The predicted octanol–water partition coefficient (Wildman–Crippen LogP) is 3.76. The third-order valence-corrected chi connectivity index (χ3v) is 4.77. The van der Waals surface area contributed by atoms with E-state index in [0.717, 1.165) is 18.4 Å². The Morgan fingerprint density at radius 2 is 2.12 bits per heavy atom. The topological polar surface area (TPSA) is 54.5 Å². The number of carbonyl (C=O) groups is 1. The zero-order chi connectivity index (χ0) is 18.4.